The van der Waals surface area contributed by atoms with Gasteiger partial charge in [0.25, 0.3) is 0 Å². The van der Waals surface area contributed by atoms with E-state index >= 15 is 0 Å². The van der Waals surface area contributed by atoms with Gasteiger partial charge in [0.05, 0.1) is 25.0 Å². The number of ether oxygens (including phenoxy) is 1. The summed E-state index contributed by atoms with van der Waals surface area (Å²) in [5, 5.41) is 3.15. The van der Waals surface area contributed by atoms with Gasteiger partial charge < -0.3 is 19.9 Å². The maximum absolute atomic E-state index is 12.6. The Labute approximate surface area is 155 Å². The Balaban J connectivity index is 0.00000312. The van der Waals surface area contributed by atoms with E-state index in [2.05, 4.69) is 5.32 Å². The first kappa shape index (κ1) is 21.7. The molecule has 2 saturated heterocycles. The van der Waals surface area contributed by atoms with Crippen LogP contribution in [0.4, 0.5) is 0 Å². The molecule has 0 saturated carbocycles. The smallest absolute Gasteiger partial charge is 0.310 e. The molecule has 2 fully saturated rings. The summed E-state index contributed by atoms with van der Waals surface area (Å²) in [6, 6.07) is -0.444. The molecule has 0 aromatic heterocycles. The number of likely N-dealkylation sites (tertiary alicyclic amines) is 1. The third kappa shape index (κ3) is 5.85. The molecule has 2 aliphatic heterocycles. The van der Waals surface area contributed by atoms with E-state index in [1.165, 1.54) is 0 Å². The second-order valence-corrected chi connectivity index (χ2v) is 6.47. The number of piperidine rings is 1. The molecule has 2 unspecified atom stereocenters. The van der Waals surface area contributed by atoms with Gasteiger partial charge in [0.15, 0.2) is 0 Å². The van der Waals surface area contributed by atoms with E-state index in [9.17, 15) is 14.4 Å². The number of piperazine rings is 1. The summed E-state index contributed by atoms with van der Waals surface area (Å²) in [7, 11) is 0. The fourth-order valence-corrected chi connectivity index (χ4v) is 3.40. The molecule has 2 atom stereocenters. The predicted molar refractivity (Wildman–Crippen MR) is 96.5 cm³/mol. The highest BCUT2D eigenvalue weighted by Gasteiger charge is 2.34. The minimum Gasteiger partial charge on any atom is -0.466 e. The van der Waals surface area contributed by atoms with Gasteiger partial charge in [0, 0.05) is 32.7 Å². The van der Waals surface area contributed by atoms with E-state index in [0.29, 0.717) is 26.2 Å². The zero-order valence-corrected chi connectivity index (χ0v) is 16.0. The van der Waals surface area contributed by atoms with Crippen molar-refractivity contribution in [1.82, 2.24) is 15.1 Å². The lowest BCUT2D eigenvalue weighted by Crippen LogP contribution is -2.57. The molecule has 0 aromatic rings. The molecule has 2 heterocycles. The normalized spacial score (nSPS) is 23.8. The van der Waals surface area contributed by atoms with E-state index in [4.69, 9.17) is 4.74 Å². The Morgan fingerprint density at radius 1 is 1.28 bits per heavy atom. The van der Waals surface area contributed by atoms with Crippen LogP contribution in [0.25, 0.3) is 0 Å². The fraction of sp³-hybridized carbons (Fsp3) is 0.824. The SMILES string of the molecule is CCCN1CCNC(CC(=O)N2CCCC(C(=O)OCC)C2)C1=O.Cl. The Hall–Kier alpha value is -1.34. The fourth-order valence-electron chi connectivity index (χ4n) is 3.40. The third-order valence-corrected chi connectivity index (χ3v) is 4.65. The minimum atomic E-state index is -0.444. The van der Waals surface area contributed by atoms with Crippen molar-refractivity contribution in [2.45, 2.75) is 45.6 Å². The van der Waals surface area contributed by atoms with E-state index in [1.807, 2.05) is 11.8 Å². The molecule has 0 bridgehead atoms. The number of amides is 2. The lowest BCUT2D eigenvalue weighted by molar-refractivity contribution is -0.152. The number of nitrogens with zero attached hydrogens (tertiary/aromatic N) is 2. The van der Waals surface area contributed by atoms with Crippen molar-refractivity contribution in [3.63, 3.8) is 0 Å². The second-order valence-electron chi connectivity index (χ2n) is 6.47. The standard InChI is InChI=1S/C17H29N3O4.ClH/c1-3-8-19-10-7-18-14(16(19)22)11-15(21)20-9-5-6-13(12-20)17(23)24-4-2;/h13-14,18H,3-12H2,1-2H3;1H. The molecule has 7 nitrogen and oxygen atoms in total. The summed E-state index contributed by atoms with van der Waals surface area (Å²) in [4.78, 5) is 40.4. The molecule has 144 valence electrons. The van der Waals surface area contributed by atoms with Crippen molar-refractivity contribution in [3.05, 3.63) is 0 Å². The molecule has 0 aromatic carbocycles. The number of hydrogen-bond donors (Lipinski definition) is 1. The quantitative estimate of drug-likeness (QED) is 0.695. The van der Waals surface area contributed by atoms with Crippen molar-refractivity contribution in [1.29, 1.82) is 0 Å². The monoisotopic (exact) mass is 375 g/mol. The minimum absolute atomic E-state index is 0. The molecule has 2 amide bonds. The predicted octanol–water partition coefficient (Wildman–Crippen LogP) is 0.810. The van der Waals surface area contributed by atoms with Crippen LogP contribution >= 0.6 is 12.4 Å². The molecule has 25 heavy (non-hydrogen) atoms. The van der Waals surface area contributed by atoms with Crippen molar-refractivity contribution in [2.75, 3.05) is 39.3 Å². The van der Waals surface area contributed by atoms with Crippen LogP contribution in [-0.4, -0.2) is 73.0 Å². The summed E-state index contributed by atoms with van der Waals surface area (Å²) in [5.74, 6) is -0.520. The maximum Gasteiger partial charge on any atom is 0.310 e. The first-order chi connectivity index (χ1) is 11.6. The highest BCUT2D eigenvalue weighted by molar-refractivity contribution is 5.89. The summed E-state index contributed by atoms with van der Waals surface area (Å²) in [5.41, 5.74) is 0. The lowest BCUT2D eigenvalue weighted by Gasteiger charge is -2.35. The van der Waals surface area contributed by atoms with Gasteiger partial charge in [-0.05, 0) is 26.2 Å². The van der Waals surface area contributed by atoms with Crippen LogP contribution in [0, 0.1) is 5.92 Å². The van der Waals surface area contributed by atoms with Gasteiger partial charge in [-0.2, -0.15) is 0 Å². The molecule has 2 rings (SSSR count). The number of hydrogen-bond acceptors (Lipinski definition) is 5. The van der Waals surface area contributed by atoms with Crippen LogP contribution in [0.5, 0.6) is 0 Å². The van der Waals surface area contributed by atoms with Crippen molar-refractivity contribution in [3.8, 4) is 0 Å². The first-order valence-electron chi connectivity index (χ1n) is 9.03. The summed E-state index contributed by atoms with van der Waals surface area (Å²) in [6.07, 6.45) is 2.63. The van der Waals surface area contributed by atoms with Crippen LogP contribution in [0.3, 0.4) is 0 Å². The number of carbonyl (C=O) groups is 3. The molecular formula is C17H30ClN3O4. The zero-order chi connectivity index (χ0) is 17.5. The lowest BCUT2D eigenvalue weighted by atomic mass is 9.97. The number of nitrogens with one attached hydrogen (secondary N) is 1. The van der Waals surface area contributed by atoms with Gasteiger partial charge in [0.2, 0.25) is 11.8 Å². The molecule has 1 N–H and O–H groups in total. The molecule has 2 aliphatic rings. The van der Waals surface area contributed by atoms with Crippen LogP contribution < -0.4 is 5.32 Å². The van der Waals surface area contributed by atoms with Gasteiger partial charge in [-0.3, -0.25) is 14.4 Å². The molecule has 8 heteroatoms. The highest BCUT2D eigenvalue weighted by Crippen LogP contribution is 2.19. The van der Waals surface area contributed by atoms with Gasteiger partial charge in [-0.25, -0.2) is 0 Å². The summed E-state index contributed by atoms with van der Waals surface area (Å²) < 4.78 is 5.07. The molecular weight excluding hydrogens is 346 g/mol. The van der Waals surface area contributed by atoms with Gasteiger partial charge in [-0.15, -0.1) is 12.4 Å². The van der Waals surface area contributed by atoms with Crippen LogP contribution in [0.2, 0.25) is 0 Å². The van der Waals surface area contributed by atoms with E-state index < -0.39 is 6.04 Å². The average Bonchev–Trinajstić information content (AvgIpc) is 2.59. The van der Waals surface area contributed by atoms with Crippen molar-refractivity contribution in [2.24, 2.45) is 5.92 Å². The highest BCUT2D eigenvalue weighted by atomic mass is 35.5. The topological polar surface area (TPSA) is 79.0 Å². The van der Waals surface area contributed by atoms with E-state index in [-0.39, 0.29) is 42.5 Å². The largest absolute Gasteiger partial charge is 0.466 e. The first-order valence-corrected chi connectivity index (χ1v) is 9.03. The molecule has 0 aliphatic carbocycles. The second kappa shape index (κ2) is 10.6. The maximum atomic E-state index is 12.6. The van der Waals surface area contributed by atoms with Crippen LogP contribution in [0.15, 0.2) is 0 Å². The van der Waals surface area contributed by atoms with Crippen LogP contribution in [-0.2, 0) is 19.1 Å². The Morgan fingerprint density at radius 2 is 2.04 bits per heavy atom. The van der Waals surface area contributed by atoms with Crippen LogP contribution in [0.1, 0.15) is 39.5 Å². The van der Waals surface area contributed by atoms with Crippen molar-refractivity contribution < 1.29 is 19.1 Å². The zero-order valence-electron chi connectivity index (χ0n) is 15.2. The van der Waals surface area contributed by atoms with E-state index in [0.717, 1.165) is 32.4 Å². The third-order valence-electron chi connectivity index (χ3n) is 4.65. The number of carbonyl (C=O) groups excluding carboxylic acids is 3. The van der Waals surface area contributed by atoms with Crippen molar-refractivity contribution >= 4 is 30.2 Å². The average molecular weight is 376 g/mol. The summed E-state index contributed by atoms with van der Waals surface area (Å²) >= 11 is 0. The van der Waals surface area contributed by atoms with Gasteiger partial charge in [0.1, 0.15) is 0 Å². The van der Waals surface area contributed by atoms with Gasteiger partial charge in [-0.1, -0.05) is 6.92 Å². The molecule has 0 spiro atoms. The Bertz CT molecular complexity index is 473. The molecule has 0 radical (unpaired) electrons. The summed E-state index contributed by atoms with van der Waals surface area (Å²) in [6.45, 7) is 7.38. The van der Waals surface area contributed by atoms with Gasteiger partial charge >= 0.3 is 5.97 Å². The Morgan fingerprint density at radius 3 is 2.72 bits per heavy atom. The Kier molecular flexibility index (Phi) is 9.21. The number of halogens is 1. The number of esters is 1. The van der Waals surface area contributed by atoms with E-state index in [1.54, 1.807) is 11.8 Å². The number of rotatable bonds is 6.